The molecule has 0 spiro atoms. The first-order chi connectivity index (χ1) is 20.0. The number of nitrogens with two attached hydrogens (primary N) is 2. The predicted molar refractivity (Wildman–Crippen MR) is 164 cm³/mol. The van der Waals surface area contributed by atoms with E-state index in [4.69, 9.17) is 16.5 Å². The molecule has 6 aromatic rings. The largest absolute Gasteiger partial charge is 0.397 e. The van der Waals surface area contributed by atoms with Crippen LogP contribution in [0, 0.1) is 17.0 Å². The van der Waals surface area contributed by atoms with Gasteiger partial charge in [0.25, 0.3) is 15.8 Å². The number of benzene rings is 4. The van der Waals surface area contributed by atoms with E-state index in [2.05, 4.69) is 15.2 Å². The fourth-order valence-corrected chi connectivity index (χ4v) is 7.65. The molecule has 0 fully saturated rings. The highest BCUT2D eigenvalue weighted by molar-refractivity contribution is 7.86. The van der Waals surface area contributed by atoms with E-state index in [0.29, 0.717) is 26.5 Å². The van der Waals surface area contributed by atoms with E-state index in [1.807, 2.05) is 30.3 Å². The average Bonchev–Trinajstić information content (AvgIpc) is 3.56. The molecule has 0 saturated carbocycles. The van der Waals surface area contributed by atoms with E-state index in [-0.39, 0.29) is 27.6 Å². The summed E-state index contributed by atoms with van der Waals surface area (Å²) < 4.78 is 35.1. The SMILES string of the molecule is Cc1ccc2nc(-c3ccc4nc(-c5ccc(N=Nc6cc([N+](=O)[O-])c(N)cc6N)cc5)sc4c3)sc2c1S(=O)(=O)O. The van der Waals surface area contributed by atoms with E-state index in [1.165, 1.54) is 34.8 Å². The van der Waals surface area contributed by atoms with Gasteiger partial charge in [-0.2, -0.15) is 13.5 Å². The number of azo groups is 1. The van der Waals surface area contributed by atoms with Gasteiger partial charge in [-0.1, -0.05) is 6.07 Å². The van der Waals surface area contributed by atoms with E-state index >= 15 is 0 Å². The molecule has 5 N–H and O–H groups in total. The maximum absolute atomic E-state index is 12.0. The minimum atomic E-state index is -4.41. The lowest BCUT2D eigenvalue weighted by molar-refractivity contribution is -0.383. The average molecular weight is 618 g/mol. The number of aryl methyl sites for hydroxylation is 1. The molecule has 0 bridgehead atoms. The quantitative estimate of drug-likeness (QED) is 0.0564. The topological polar surface area (TPSA) is 200 Å². The number of fused-ring (bicyclic) bond motifs is 2. The molecule has 0 amide bonds. The van der Waals surface area contributed by atoms with Crippen LogP contribution in [0.2, 0.25) is 0 Å². The summed E-state index contributed by atoms with van der Waals surface area (Å²) in [6.07, 6.45) is 0. The number of aromatic nitrogens is 2. The highest BCUT2D eigenvalue weighted by atomic mass is 32.2. The van der Waals surface area contributed by atoms with Crippen molar-refractivity contribution < 1.29 is 17.9 Å². The van der Waals surface area contributed by atoms with Crippen LogP contribution in [0.15, 0.2) is 81.9 Å². The van der Waals surface area contributed by atoms with Crippen LogP contribution in [0.4, 0.5) is 28.4 Å². The summed E-state index contributed by atoms with van der Waals surface area (Å²) in [6.45, 7) is 1.63. The molecule has 0 unspecified atom stereocenters. The van der Waals surface area contributed by atoms with Gasteiger partial charge in [-0.05, 0) is 67.1 Å². The van der Waals surface area contributed by atoms with Gasteiger partial charge in [0.05, 0.1) is 36.7 Å². The Morgan fingerprint density at radius 2 is 1.52 bits per heavy atom. The summed E-state index contributed by atoms with van der Waals surface area (Å²) in [5, 5.41) is 20.7. The molecule has 2 heterocycles. The molecule has 210 valence electrons. The molecular formula is C27H19N7O5S3. The standard InChI is InChI=1S/C27H19N7O5S3/c1-13-2-8-20-24(25(13)42(37,38)39)41-27(31-20)15-5-9-19-23(10-15)40-26(30-19)14-3-6-16(7-4-14)32-33-21-12-22(34(35)36)18(29)11-17(21)28/h2-12H,28-29H2,1H3,(H,37,38,39). The van der Waals surface area contributed by atoms with Crippen molar-refractivity contribution in [1.82, 2.24) is 9.97 Å². The first-order valence-electron chi connectivity index (χ1n) is 12.1. The fourth-order valence-electron chi connectivity index (χ4n) is 4.33. The number of hydrogen-bond donors (Lipinski definition) is 3. The van der Waals surface area contributed by atoms with Crippen molar-refractivity contribution in [2.45, 2.75) is 11.8 Å². The fraction of sp³-hybridized carbons (Fsp3) is 0.0370. The van der Waals surface area contributed by atoms with Crippen LogP contribution in [0.25, 0.3) is 41.6 Å². The molecule has 0 aliphatic rings. The summed E-state index contributed by atoms with van der Waals surface area (Å²) in [4.78, 5) is 19.8. The number of nitrogens with zero attached hydrogens (tertiary/aromatic N) is 5. The number of nitrogen functional groups attached to an aromatic ring is 2. The first kappa shape index (κ1) is 27.3. The number of anilines is 2. The van der Waals surface area contributed by atoms with Crippen LogP contribution in [-0.4, -0.2) is 27.9 Å². The number of hydrogen-bond acceptors (Lipinski definition) is 12. The minimum absolute atomic E-state index is 0.0507. The zero-order chi connectivity index (χ0) is 29.8. The maximum Gasteiger partial charge on any atom is 0.296 e. The van der Waals surface area contributed by atoms with Gasteiger partial charge in [0, 0.05) is 17.2 Å². The molecule has 0 aliphatic carbocycles. The van der Waals surface area contributed by atoms with Crippen molar-refractivity contribution in [3.05, 3.63) is 82.4 Å². The molecule has 12 nitrogen and oxygen atoms in total. The van der Waals surface area contributed by atoms with Gasteiger partial charge in [-0.25, -0.2) is 9.97 Å². The van der Waals surface area contributed by atoms with Crippen LogP contribution in [0.5, 0.6) is 0 Å². The second-order valence-corrected chi connectivity index (χ2v) is 12.6. The molecular weight excluding hydrogens is 599 g/mol. The third-order valence-electron chi connectivity index (χ3n) is 6.36. The van der Waals surface area contributed by atoms with Crippen LogP contribution in [0.1, 0.15) is 5.56 Å². The zero-order valence-electron chi connectivity index (χ0n) is 21.5. The Balaban J connectivity index is 1.28. The monoisotopic (exact) mass is 617 g/mol. The summed E-state index contributed by atoms with van der Waals surface area (Å²) in [5.74, 6) is 0. The number of nitro groups is 1. The lowest BCUT2D eigenvalue weighted by atomic mass is 10.2. The Hall–Kier alpha value is -4.83. The number of nitro benzene ring substituents is 1. The normalized spacial score (nSPS) is 12.0. The third-order valence-corrected chi connectivity index (χ3v) is 9.74. The van der Waals surface area contributed by atoms with Gasteiger partial charge in [-0.3, -0.25) is 14.7 Å². The summed E-state index contributed by atoms with van der Waals surface area (Å²) in [7, 11) is -4.41. The maximum atomic E-state index is 12.0. The highest BCUT2D eigenvalue weighted by Gasteiger charge is 2.21. The molecule has 0 saturated heterocycles. The van der Waals surface area contributed by atoms with Gasteiger partial charge in [-0.15, -0.1) is 27.8 Å². The highest BCUT2D eigenvalue weighted by Crippen LogP contribution is 2.39. The van der Waals surface area contributed by atoms with Gasteiger partial charge in [0.15, 0.2) is 0 Å². The zero-order valence-corrected chi connectivity index (χ0v) is 24.0. The van der Waals surface area contributed by atoms with Crippen LogP contribution < -0.4 is 11.5 Å². The smallest absolute Gasteiger partial charge is 0.296 e. The lowest BCUT2D eigenvalue weighted by Gasteiger charge is -2.02. The number of rotatable bonds is 6. The molecule has 42 heavy (non-hydrogen) atoms. The van der Waals surface area contributed by atoms with Crippen LogP contribution in [-0.2, 0) is 10.1 Å². The van der Waals surface area contributed by atoms with Crippen molar-refractivity contribution in [1.29, 1.82) is 0 Å². The first-order valence-corrected chi connectivity index (χ1v) is 15.2. The molecule has 0 atom stereocenters. The van der Waals surface area contributed by atoms with Gasteiger partial charge >= 0.3 is 0 Å². The molecule has 6 rings (SSSR count). The summed E-state index contributed by atoms with van der Waals surface area (Å²) in [5.41, 5.74) is 15.4. The predicted octanol–water partition coefficient (Wildman–Crippen LogP) is 7.28. The third kappa shape index (κ3) is 5.05. The second kappa shape index (κ2) is 10.2. The molecule has 4 aromatic carbocycles. The lowest BCUT2D eigenvalue weighted by Crippen LogP contribution is -2.00. The van der Waals surface area contributed by atoms with Gasteiger partial charge < -0.3 is 11.5 Å². The molecule has 2 aromatic heterocycles. The number of thiazole rings is 2. The Morgan fingerprint density at radius 3 is 2.24 bits per heavy atom. The van der Waals surface area contributed by atoms with Crippen molar-refractivity contribution >= 4 is 81.7 Å². The minimum Gasteiger partial charge on any atom is -0.397 e. The van der Waals surface area contributed by atoms with Crippen molar-refractivity contribution in [2.75, 3.05) is 11.5 Å². The van der Waals surface area contributed by atoms with E-state index in [9.17, 15) is 23.1 Å². The Morgan fingerprint density at radius 1 is 0.857 bits per heavy atom. The summed E-state index contributed by atoms with van der Waals surface area (Å²) >= 11 is 2.69. The molecule has 0 radical (unpaired) electrons. The Labute approximate surface area is 245 Å². The van der Waals surface area contributed by atoms with E-state index < -0.39 is 15.0 Å². The van der Waals surface area contributed by atoms with Crippen molar-refractivity contribution in [3.8, 4) is 21.1 Å². The molecule has 15 heteroatoms. The van der Waals surface area contributed by atoms with Crippen LogP contribution in [0.3, 0.4) is 0 Å². The van der Waals surface area contributed by atoms with Gasteiger partial charge in [0.1, 0.15) is 26.3 Å². The van der Waals surface area contributed by atoms with Gasteiger partial charge in [0.2, 0.25) is 0 Å². The summed E-state index contributed by atoms with van der Waals surface area (Å²) in [6, 6.07) is 18.7. The Bertz CT molecular complexity index is 2190. The van der Waals surface area contributed by atoms with E-state index in [0.717, 1.165) is 26.4 Å². The molecule has 0 aliphatic heterocycles. The Kier molecular flexibility index (Phi) is 6.65. The van der Waals surface area contributed by atoms with Crippen molar-refractivity contribution in [3.63, 3.8) is 0 Å². The van der Waals surface area contributed by atoms with Crippen molar-refractivity contribution in [2.24, 2.45) is 10.2 Å². The second-order valence-electron chi connectivity index (χ2n) is 9.23. The van der Waals surface area contributed by atoms with E-state index in [1.54, 1.807) is 31.2 Å². The van der Waals surface area contributed by atoms with Crippen LogP contribution >= 0.6 is 22.7 Å².